The number of methoxy groups -OCH3 is 1. The van der Waals surface area contributed by atoms with Crippen LogP contribution in [0.3, 0.4) is 0 Å². The number of aliphatic imine (C=N–C) groups is 1. The number of H-pyrrole nitrogens is 1. The van der Waals surface area contributed by atoms with Crippen LogP contribution in [0.2, 0.25) is 0 Å². The second-order valence-electron chi connectivity index (χ2n) is 6.71. The molecule has 3 aromatic rings. The largest absolute Gasteiger partial charge is 0.493 e. The molecule has 0 saturated carbocycles. The molecule has 0 aliphatic heterocycles. The lowest BCUT2D eigenvalue weighted by Gasteiger charge is -2.12. The first-order chi connectivity index (χ1) is 14.7. The monoisotopic (exact) mass is 404 g/mol. The van der Waals surface area contributed by atoms with E-state index in [1.807, 2.05) is 24.3 Å². The molecule has 6 nitrogen and oxygen atoms in total. The summed E-state index contributed by atoms with van der Waals surface area (Å²) in [7, 11) is 1.61. The maximum Gasteiger partial charge on any atom is 0.191 e. The van der Waals surface area contributed by atoms with Crippen molar-refractivity contribution in [3.8, 4) is 23.8 Å². The highest BCUT2D eigenvalue weighted by molar-refractivity contribution is 5.83. The van der Waals surface area contributed by atoms with Crippen molar-refractivity contribution < 1.29 is 9.47 Å². The molecule has 0 spiro atoms. The summed E-state index contributed by atoms with van der Waals surface area (Å²) in [4.78, 5) is 8.01. The molecule has 3 rings (SSSR count). The highest BCUT2D eigenvalue weighted by atomic mass is 16.5. The molecule has 30 heavy (non-hydrogen) atoms. The number of aromatic nitrogens is 1. The van der Waals surface area contributed by atoms with E-state index in [1.54, 1.807) is 7.11 Å². The molecule has 0 radical (unpaired) electrons. The minimum absolute atomic E-state index is 0.196. The van der Waals surface area contributed by atoms with Gasteiger partial charge in [0.1, 0.15) is 6.61 Å². The number of hydrogen-bond acceptors (Lipinski definition) is 3. The van der Waals surface area contributed by atoms with Gasteiger partial charge in [-0.05, 0) is 42.7 Å². The fraction of sp³-hybridized carbons (Fsp3) is 0.292. The molecular formula is C24H28N4O2. The summed E-state index contributed by atoms with van der Waals surface area (Å²) < 4.78 is 10.9. The minimum atomic E-state index is 0.196. The maximum absolute atomic E-state index is 5.57. The number of rotatable bonds is 9. The molecule has 1 heterocycles. The number of hydrogen-bond donors (Lipinski definition) is 3. The second-order valence-corrected chi connectivity index (χ2v) is 6.71. The summed E-state index contributed by atoms with van der Waals surface area (Å²) in [5.74, 6) is 4.53. The smallest absolute Gasteiger partial charge is 0.191 e. The van der Waals surface area contributed by atoms with Crippen molar-refractivity contribution in [1.82, 2.24) is 15.6 Å². The zero-order valence-corrected chi connectivity index (χ0v) is 17.5. The fourth-order valence-corrected chi connectivity index (χ4v) is 3.22. The van der Waals surface area contributed by atoms with Gasteiger partial charge in [-0.1, -0.05) is 30.2 Å². The number of terminal acetylenes is 1. The molecular weight excluding hydrogens is 376 g/mol. The van der Waals surface area contributed by atoms with E-state index in [4.69, 9.17) is 20.9 Å². The molecule has 1 aromatic heterocycles. The number of nitrogens with zero attached hydrogens (tertiary/aromatic N) is 1. The van der Waals surface area contributed by atoms with Crippen molar-refractivity contribution in [3.63, 3.8) is 0 Å². The van der Waals surface area contributed by atoms with Crippen molar-refractivity contribution >= 4 is 16.9 Å². The van der Waals surface area contributed by atoms with E-state index in [9.17, 15) is 0 Å². The van der Waals surface area contributed by atoms with Gasteiger partial charge in [-0.2, -0.15) is 0 Å². The Labute approximate surface area is 177 Å². The van der Waals surface area contributed by atoms with Crippen LogP contribution >= 0.6 is 0 Å². The summed E-state index contributed by atoms with van der Waals surface area (Å²) in [6.45, 7) is 4.33. The predicted molar refractivity (Wildman–Crippen MR) is 122 cm³/mol. The fourth-order valence-electron chi connectivity index (χ4n) is 3.22. The van der Waals surface area contributed by atoms with Crippen molar-refractivity contribution in [3.05, 3.63) is 59.8 Å². The van der Waals surface area contributed by atoms with Gasteiger partial charge in [0.15, 0.2) is 17.5 Å². The molecule has 3 N–H and O–H groups in total. The van der Waals surface area contributed by atoms with Crippen LogP contribution in [0.4, 0.5) is 0 Å². The third-order valence-corrected chi connectivity index (χ3v) is 4.66. The summed E-state index contributed by atoms with van der Waals surface area (Å²) in [6.07, 6.45) is 8.27. The first-order valence-electron chi connectivity index (χ1n) is 10.1. The Morgan fingerprint density at radius 1 is 1.17 bits per heavy atom. The zero-order valence-electron chi connectivity index (χ0n) is 17.5. The van der Waals surface area contributed by atoms with E-state index < -0.39 is 0 Å². The highest BCUT2D eigenvalue weighted by Gasteiger charge is 2.07. The summed E-state index contributed by atoms with van der Waals surface area (Å²) in [6, 6.07) is 14.1. The maximum atomic E-state index is 5.57. The van der Waals surface area contributed by atoms with Crippen LogP contribution in [0.1, 0.15) is 18.1 Å². The van der Waals surface area contributed by atoms with Crippen LogP contribution in [-0.4, -0.2) is 37.7 Å². The molecule has 0 amide bonds. The van der Waals surface area contributed by atoms with Crippen molar-refractivity contribution in [2.75, 3.05) is 26.8 Å². The molecule has 0 atom stereocenters. The molecule has 0 aliphatic rings. The predicted octanol–water partition coefficient (Wildman–Crippen LogP) is 3.49. The van der Waals surface area contributed by atoms with E-state index >= 15 is 0 Å². The van der Waals surface area contributed by atoms with Crippen LogP contribution in [0.15, 0.2) is 53.7 Å². The Balaban J connectivity index is 1.62. The number of para-hydroxylation sites is 1. The third-order valence-electron chi connectivity index (χ3n) is 4.66. The number of guanidine groups is 1. The Morgan fingerprint density at radius 3 is 2.83 bits per heavy atom. The number of aromatic amines is 1. The van der Waals surface area contributed by atoms with Crippen LogP contribution in [0.5, 0.6) is 11.5 Å². The lowest BCUT2D eigenvalue weighted by molar-refractivity contribution is 0.330. The second kappa shape index (κ2) is 10.8. The number of ether oxygens (including phenoxy) is 2. The Morgan fingerprint density at radius 2 is 2.03 bits per heavy atom. The van der Waals surface area contributed by atoms with Gasteiger partial charge in [0, 0.05) is 30.2 Å². The highest BCUT2D eigenvalue weighted by Crippen LogP contribution is 2.28. The zero-order chi connectivity index (χ0) is 21.2. The summed E-state index contributed by atoms with van der Waals surface area (Å²) >= 11 is 0. The number of nitrogens with one attached hydrogen (secondary N) is 3. The molecule has 0 aliphatic carbocycles. The third kappa shape index (κ3) is 5.48. The van der Waals surface area contributed by atoms with E-state index in [0.717, 1.165) is 36.6 Å². The van der Waals surface area contributed by atoms with Crippen LogP contribution in [0, 0.1) is 12.3 Å². The van der Waals surface area contributed by atoms with Gasteiger partial charge in [0.2, 0.25) is 0 Å². The molecule has 0 bridgehead atoms. The van der Waals surface area contributed by atoms with E-state index in [2.05, 4.69) is 52.9 Å². The number of fused-ring (bicyclic) bond motifs is 1. The average molecular weight is 405 g/mol. The molecule has 0 unspecified atom stereocenters. The van der Waals surface area contributed by atoms with E-state index in [-0.39, 0.29) is 6.61 Å². The average Bonchev–Trinajstić information content (AvgIpc) is 3.19. The number of benzene rings is 2. The molecule has 2 aromatic carbocycles. The standard InChI is InChI=1S/C24H28N4O2/c1-4-14-30-23-15-18(10-11-22(23)29-3)16-28-24(25-5-2)26-13-12-19-17-27-21-9-7-6-8-20(19)21/h1,6-11,15,17,27H,5,12-14,16H2,2-3H3,(H2,25,26,28). The first kappa shape index (κ1) is 21.1. The van der Waals surface area contributed by atoms with Crippen molar-refractivity contribution in [1.29, 1.82) is 0 Å². The lowest BCUT2D eigenvalue weighted by atomic mass is 10.1. The van der Waals surface area contributed by atoms with Crippen LogP contribution in [0.25, 0.3) is 10.9 Å². The molecule has 0 fully saturated rings. The van der Waals surface area contributed by atoms with Gasteiger partial charge < -0.3 is 25.1 Å². The topological polar surface area (TPSA) is 70.7 Å². The van der Waals surface area contributed by atoms with Gasteiger partial charge in [0.25, 0.3) is 0 Å². The lowest BCUT2D eigenvalue weighted by Crippen LogP contribution is -2.38. The van der Waals surface area contributed by atoms with Crippen LogP contribution < -0.4 is 20.1 Å². The minimum Gasteiger partial charge on any atom is -0.493 e. The van der Waals surface area contributed by atoms with Crippen molar-refractivity contribution in [2.45, 2.75) is 19.9 Å². The van der Waals surface area contributed by atoms with E-state index in [1.165, 1.54) is 10.9 Å². The van der Waals surface area contributed by atoms with Crippen LogP contribution in [-0.2, 0) is 13.0 Å². The SMILES string of the molecule is C#CCOc1cc(CN=C(NCC)NCCc2c[nH]c3ccccc23)ccc1OC. The Kier molecular flexibility index (Phi) is 7.62. The quantitative estimate of drug-likeness (QED) is 0.290. The Hall–Kier alpha value is -3.59. The van der Waals surface area contributed by atoms with E-state index in [0.29, 0.717) is 18.0 Å². The molecule has 156 valence electrons. The normalized spacial score (nSPS) is 11.2. The summed E-state index contributed by atoms with van der Waals surface area (Å²) in [5, 5.41) is 7.96. The summed E-state index contributed by atoms with van der Waals surface area (Å²) in [5.41, 5.74) is 3.46. The van der Waals surface area contributed by atoms with Gasteiger partial charge in [-0.3, -0.25) is 0 Å². The molecule has 0 saturated heterocycles. The first-order valence-corrected chi connectivity index (χ1v) is 10.1. The Bertz CT molecular complexity index is 1030. The van der Waals surface area contributed by atoms with Gasteiger partial charge >= 0.3 is 0 Å². The van der Waals surface area contributed by atoms with Crippen molar-refractivity contribution in [2.24, 2.45) is 4.99 Å². The van der Waals surface area contributed by atoms with Gasteiger partial charge in [0.05, 0.1) is 13.7 Å². The van der Waals surface area contributed by atoms with Gasteiger partial charge in [-0.25, -0.2) is 4.99 Å². The van der Waals surface area contributed by atoms with Gasteiger partial charge in [-0.15, -0.1) is 6.42 Å². The molecule has 6 heteroatoms.